The lowest BCUT2D eigenvalue weighted by Gasteiger charge is -2.23. The summed E-state index contributed by atoms with van der Waals surface area (Å²) in [7, 11) is 1.71. The molecule has 0 N–H and O–H groups in total. The Hall–Kier alpha value is -3.72. The van der Waals surface area contributed by atoms with Gasteiger partial charge in [-0.1, -0.05) is 206 Å². The van der Waals surface area contributed by atoms with Crippen LogP contribution in [-0.2, 0) is 67.0 Å². The van der Waals surface area contributed by atoms with Gasteiger partial charge < -0.3 is 52.1 Å². The van der Waals surface area contributed by atoms with E-state index in [4.69, 9.17) is 52.1 Å². The molecule has 4 atom stereocenters. The summed E-state index contributed by atoms with van der Waals surface area (Å²) < 4.78 is 59.5. The molecule has 0 aliphatic heterocycles. The van der Waals surface area contributed by atoms with Crippen LogP contribution in [0.4, 0.5) is 0 Å². The Morgan fingerprint density at radius 1 is 0.376 bits per heavy atom. The van der Waals surface area contributed by atoms with E-state index in [0.717, 1.165) is 114 Å². The van der Waals surface area contributed by atoms with Gasteiger partial charge in [0.05, 0.1) is 79.9 Å². The van der Waals surface area contributed by atoms with Crippen LogP contribution in [0.25, 0.3) is 0 Å². The molecule has 11 heteroatoms. The third-order valence-electron chi connectivity index (χ3n) is 19.5. The zero-order chi connectivity index (χ0) is 81.2. The number of fused-ring (bicyclic) bond motifs is 2. The Labute approximate surface area is 674 Å². The summed E-state index contributed by atoms with van der Waals surface area (Å²) in [4.78, 5) is 0. The quantitative estimate of drug-likeness (QED) is 0.0508. The molecule has 0 aromatic heterocycles. The molecule has 4 aromatic rings. The molecule has 109 heavy (non-hydrogen) atoms. The minimum absolute atomic E-state index is 0.0417. The predicted molar refractivity (Wildman–Crippen MR) is 467 cm³/mol. The molecule has 0 saturated heterocycles. The Balaban J connectivity index is 0.00000118. The summed E-state index contributed by atoms with van der Waals surface area (Å²) in [6, 6.07) is 40.7. The van der Waals surface area contributed by atoms with Crippen LogP contribution in [0.3, 0.4) is 0 Å². The van der Waals surface area contributed by atoms with Crippen LogP contribution in [-0.4, -0.2) is 120 Å². The van der Waals surface area contributed by atoms with Crippen molar-refractivity contribution in [3.8, 4) is 5.75 Å². The van der Waals surface area contributed by atoms with Gasteiger partial charge in [0.2, 0.25) is 0 Å². The van der Waals surface area contributed by atoms with Gasteiger partial charge in [-0.05, 0) is 281 Å². The molecule has 6 aliphatic rings. The zero-order valence-electron chi connectivity index (χ0n) is 75.0. The van der Waals surface area contributed by atoms with Gasteiger partial charge in [-0.2, -0.15) is 0 Å². The predicted octanol–water partition coefficient (Wildman–Crippen LogP) is 27.1. The molecule has 6 fully saturated rings. The van der Waals surface area contributed by atoms with Gasteiger partial charge in [-0.3, -0.25) is 0 Å². The topological polar surface area (TPSA) is 102 Å². The van der Waals surface area contributed by atoms with Crippen molar-refractivity contribution in [2.45, 2.75) is 393 Å². The first-order valence-corrected chi connectivity index (χ1v) is 44.1. The molecule has 0 spiro atoms. The Morgan fingerprint density at radius 3 is 1.16 bits per heavy atom. The van der Waals surface area contributed by atoms with Crippen LogP contribution in [0.15, 0.2) is 121 Å². The highest BCUT2D eigenvalue weighted by Crippen LogP contribution is 2.48. The second-order valence-electron chi connectivity index (χ2n) is 33.6. The van der Waals surface area contributed by atoms with Crippen LogP contribution in [0, 0.1) is 29.6 Å². The van der Waals surface area contributed by atoms with E-state index < -0.39 is 0 Å². The summed E-state index contributed by atoms with van der Waals surface area (Å²) in [5.41, 5.74) is 3.92. The van der Waals surface area contributed by atoms with Crippen molar-refractivity contribution in [3.05, 3.63) is 138 Å². The normalized spacial score (nSPS) is 18.0. The summed E-state index contributed by atoms with van der Waals surface area (Å²) in [5.74, 6) is 5.84. The summed E-state index contributed by atoms with van der Waals surface area (Å²) in [5, 5.41) is 0. The van der Waals surface area contributed by atoms with Crippen molar-refractivity contribution in [2.24, 2.45) is 29.6 Å². The zero-order valence-corrected chi connectivity index (χ0v) is 75.0. The highest BCUT2D eigenvalue weighted by Gasteiger charge is 2.39. The van der Waals surface area contributed by atoms with Crippen molar-refractivity contribution < 1.29 is 52.1 Å². The van der Waals surface area contributed by atoms with Crippen molar-refractivity contribution in [1.82, 2.24) is 0 Å². The van der Waals surface area contributed by atoms with E-state index in [9.17, 15) is 0 Å². The first kappa shape index (κ1) is 105. The number of methoxy groups -OCH3 is 1. The minimum atomic E-state index is 0.0417. The van der Waals surface area contributed by atoms with Crippen LogP contribution in [0.2, 0.25) is 0 Å². The molecule has 6 aliphatic carbocycles. The van der Waals surface area contributed by atoms with Crippen molar-refractivity contribution in [2.75, 3.05) is 60.0 Å². The SMILES string of the molecule is CC(C)OC1CCCC1.CC(C)OC1CCCCC1.CC(C)OCCc1ccccc1.CC(C)OCc1ccccc1.CC(C)Oc1ccccc1.CCOC(C)(C)C.CCOCC1CC2CCC1C2.CCOCC1CCCCC1.CCOCCC1CCCCC1.CC[C@@H](C)OCc1ccccc1.COC(C)(C)C. The van der Waals surface area contributed by atoms with E-state index in [1.165, 1.54) is 171 Å². The van der Waals surface area contributed by atoms with Gasteiger partial charge in [-0.15, -0.1) is 0 Å². The molecule has 3 unspecified atom stereocenters. The fourth-order valence-corrected chi connectivity index (χ4v) is 13.4. The fourth-order valence-electron chi connectivity index (χ4n) is 13.4. The second kappa shape index (κ2) is 69.8. The van der Waals surface area contributed by atoms with E-state index in [2.05, 4.69) is 145 Å². The highest BCUT2D eigenvalue weighted by molar-refractivity contribution is 5.21. The maximum absolute atomic E-state index is 5.69. The van der Waals surface area contributed by atoms with Crippen LogP contribution < -0.4 is 4.74 Å². The average Bonchev–Trinajstić information content (AvgIpc) is 1.68. The minimum Gasteiger partial charge on any atom is -0.491 e. The summed E-state index contributed by atoms with van der Waals surface area (Å²) >= 11 is 0. The van der Waals surface area contributed by atoms with Crippen molar-refractivity contribution in [3.63, 3.8) is 0 Å². The summed E-state index contributed by atoms with van der Waals surface area (Å²) in [6.45, 7) is 54.2. The maximum Gasteiger partial charge on any atom is 0.119 e. The Bertz CT molecular complexity index is 2460. The van der Waals surface area contributed by atoms with Gasteiger partial charge >= 0.3 is 0 Å². The number of ether oxygens (including phenoxy) is 11. The van der Waals surface area contributed by atoms with Crippen molar-refractivity contribution in [1.29, 1.82) is 0 Å². The number of hydrogen-bond acceptors (Lipinski definition) is 11. The molecule has 10 rings (SSSR count). The van der Waals surface area contributed by atoms with E-state index >= 15 is 0 Å². The molecule has 0 amide bonds. The lowest BCUT2D eigenvalue weighted by molar-refractivity contribution is -0.0118. The van der Waals surface area contributed by atoms with Gasteiger partial charge in [0, 0.05) is 53.4 Å². The Morgan fingerprint density at radius 2 is 0.789 bits per heavy atom. The highest BCUT2D eigenvalue weighted by atomic mass is 16.5. The van der Waals surface area contributed by atoms with Crippen LogP contribution >= 0.6 is 0 Å². The van der Waals surface area contributed by atoms with Gasteiger partial charge in [0.25, 0.3) is 0 Å². The van der Waals surface area contributed by atoms with Gasteiger partial charge in [-0.25, -0.2) is 0 Å². The smallest absolute Gasteiger partial charge is 0.119 e. The lowest BCUT2D eigenvalue weighted by atomic mass is 9.87. The Kier molecular flexibility index (Phi) is 67.4. The van der Waals surface area contributed by atoms with Crippen LogP contribution in [0.5, 0.6) is 5.75 Å². The van der Waals surface area contributed by atoms with E-state index in [1.54, 1.807) is 7.11 Å². The molecule has 632 valence electrons. The van der Waals surface area contributed by atoms with Gasteiger partial charge in [0.15, 0.2) is 0 Å². The van der Waals surface area contributed by atoms with E-state index in [1.807, 2.05) is 128 Å². The molecule has 0 heterocycles. The maximum atomic E-state index is 5.69. The molecular weight excluding hydrogens is 1350 g/mol. The molecule has 6 saturated carbocycles. The first-order valence-electron chi connectivity index (χ1n) is 44.1. The van der Waals surface area contributed by atoms with E-state index in [-0.39, 0.29) is 17.3 Å². The average molecular weight is 1530 g/mol. The molecule has 0 radical (unpaired) electrons. The number of benzene rings is 4. The second-order valence-corrected chi connectivity index (χ2v) is 33.6. The third kappa shape index (κ3) is 68.4. The lowest BCUT2D eigenvalue weighted by Crippen LogP contribution is -2.20. The number of rotatable bonds is 28. The van der Waals surface area contributed by atoms with Crippen molar-refractivity contribution >= 4 is 0 Å². The van der Waals surface area contributed by atoms with Crippen LogP contribution in [0.1, 0.15) is 330 Å². The first-order chi connectivity index (χ1) is 52.1. The monoisotopic (exact) mass is 1530 g/mol. The summed E-state index contributed by atoms with van der Waals surface area (Å²) in [6.07, 6.45) is 39.1. The third-order valence-corrected chi connectivity index (χ3v) is 19.5. The van der Waals surface area contributed by atoms with E-state index in [0.29, 0.717) is 42.7 Å². The molecular formula is C98H174O11. The molecule has 2 bridgehead atoms. The molecule has 4 aromatic carbocycles. The standard InChI is InChI=1S/2C11H16O.C10H18O.C10H14O.C10H20O.C9H18O.C9H12O.C9H18O.C8H16O.C6H14O.C5H12O/c1-10(2)12-9-8-11-6-4-3-5-7-11;1-3-10(2)12-9-11-7-5-4-6-8-11;1-2-11-7-10-6-8-3-4-9(10)5-8;1-9(2)11-8-10-6-4-3-5-7-10;1-2-11-9-8-10-6-4-3-5-7-10;2*1-8(2)10-9-6-4-3-5-7-9;1-2-10-8-9-6-4-3-5-7-9;1-7(2)9-8-5-3-4-6-8;1-5-7-6(2,3)4;1-5(2,3)6-4/h3-7,10H,8-9H2,1-2H3;4-8,10H,3,9H2,1-2H3;8-10H,2-7H2,1H3;3-7,9H,8H2,1-2H3;10H,2-9H2,1H3;8-9H,3-7H2,1-2H3;3-8H,1-2H3;9H,2-8H2,1H3;7-8H,3-6H2,1-2H3;5H2,1-4H3;1-4H3/t;10-;;;;;;;;;/m.1........./s1. The van der Waals surface area contributed by atoms with Gasteiger partial charge in [0.1, 0.15) is 5.75 Å². The number of hydrogen-bond donors (Lipinski definition) is 0. The number of para-hydroxylation sites is 1. The fraction of sp³-hybridized carbons (Fsp3) is 0.755. The molecule has 11 nitrogen and oxygen atoms in total. The largest absolute Gasteiger partial charge is 0.491 e.